The third-order valence-electron chi connectivity index (χ3n) is 10.9. The second kappa shape index (κ2) is 20.4. The number of hydrogen-bond donors (Lipinski definition) is 3. The average Bonchev–Trinajstić information content (AvgIpc) is 3.67. The minimum absolute atomic E-state index is 0.0601. The number of halogens is 1. The highest BCUT2D eigenvalue weighted by Crippen LogP contribution is 2.32. The Balaban J connectivity index is 0.000000238. The normalized spacial score (nSPS) is 19.0. The van der Waals surface area contributed by atoms with Crippen LogP contribution in [0, 0.1) is 15.9 Å². The van der Waals surface area contributed by atoms with Crippen LogP contribution in [0.2, 0.25) is 0 Å². The van der Waals surface area contributed by atoms with E-state index in [0.717, 1.165) is 53.9 Å². The highest BCUT2D eigenvalue weighted by Gasteiger charge is 2.48. The van der Waals surface area contributed by atoms with Gasteiger partial charge in [0.05, 0.1) is 47.5 Å². The van der Waals surface area contributed by atoms with Crippen molar-refractivity contribution in [3.8, 4) is 11.3 Å². The molecule has 0 spiro atoms. The molecule has 4 atom stereocenters. The number of carboxylic acid groups (broad SMARTS) is 1. The summed E-state index contributed by atoms with van der Waals surface area (Å²) in [5.74, 6) is -2.09. The number of rotatable bonds is 15. The number of anilines is 2. The maximum atomic E-state index is 13.5. The molecule has 20 nitrogen and oxygen atoms in total. The number of likely N-dealkylation sites (N-methyl/N-ethyl adjacent to an activating group) is 2. The molecule has 0 bridgehead atoms. The lowest BCUT2D eigenvalue weighted by Crippen LogP contribution is -2.64. The molecule has 6 rings (SSSR count). The molecule has 22 heteroatoms. The number of hydrogen-bond acceptors (Lipinski definition) is 15. The highest BCUT2D eigenvalue weighted by molar-refractivity contribution is 7.92. The summed E-state index contributed by atoms with van der Waals surface area (Å²) in [5.41, 5.74) is 2.88. The lowest BCUT2D eigenvalue weighted by Gasteiger charge is -2.40. The molecule has 3 amide bonds. The Bertz CT molecular complexity index is 2310. The predicted octanol–water partition coefficient (Wildman–Crippen LogP) is 2.68. The predicted molar refractivity (Wildman–Crippen MR) is 233 cm³/mol. The average molecular weight is 897 g/mol. The Morgan fingerprint density at radius 2 is 1.65 bits per heavy atom. The number of non-ortho nitro benzene ring substituents is 1. The quantitative estimate of drug-likeness (QED) is 0.147. The summed E-state index contributed by atoms with van der Waals surface area (Å²) in [7, 11) is 0.847. The minimum Gasteiger partial charge on any atom is -0.481 e. The van der Waals surface area contributed by atoms with Crippen LogP contribution in [0.25, 0.3) is 17.3 Å². The zero-order chi connectivity index (χ0) is 46.3. The summed E-state index contributed by atoms with van der Waals surface area (Å²) < 4.78 is 38.6. The number of carbonyl (C=O) groups is 3. The van der Waals surface area contributed by atoms with Gasteiger partial charge in [0.25, 0.3) is 11.6 Å². The summed E-state index contributed by atoms with van der Waals surface area (Å²) in [5, 5.41) is 39.6. The van der Waals surface area contributed by atoms with Crippen LogP contribution in [-0.2, 0) is 19.6 Å². The van der Waals surface area contributed by atoms with Crippen molar-refractivity contribution in [1.82, 2.24) is 29.6 Å². The Morgan fingerprint density at radius 3 is 2.22 bits per heavy atom. The van der Waals surface area contributed by atoms with E-state index in [-0.39, 0.29) is 35.9 Å². The number of urea groups is 1. The van der Waals surface area contributed by atoms with Crippen LogP contribution in [0.15, 0.2) is 59.6 Å². The molecule has 0 saturated carbocycles. The number of aliphatic imine (C=N–C) groups is 1. The van der Waals surface area contributed by atoms with Crippen molar-refractivity contribution in [2.45, 2.75) is 57.0 Å². The molecule has 4 heterocycles. The topological polar surface area (TPSA) is 247 Å². The van der Waals surface area contributed by atoms with Gasteiger partial charge in [-0.1, -0.05) is 26.0 Å². The molecule has 3 aliphatic rings. The van der Waals surface area contributed by atoms with Crippen LogP contribution in [0.1, 0.15) is 43.9 Å². The number of fused-ring (bicyclic) bond motifs is 1. The Kier molecular flexibility index (Phi) is 15.5. The van der Waals surface area contributed by atoms with Gasteiger partial charge in [0.2, 0.25) is 16.0 Å². The molecule has 3 N–H and O–H groups in total. The molecule has 1 aromatic heterocycles. The molecule has 2 fully saturated rings. The molecule has 2 saturated heterocycles. The van der Waals surface area contributed by atoms with E-state index >= 15 is 0 Å². The number of nitro benzene ring substituents is 1. The van der Waals surface area contributed by atoms with Gasteiger partial charge in [-0.2, -0.15) is 0 Å². The van der Waals surface area contributed by atoms with E-state index < -0.39 is 57.6 Å². The zero-order valence-corrected chi connectivity index (χ0v) is 36.7. The van der Waals surface area contributed by atoms with Crippen molar-refractivity contribution < 1.29 is 47.4 Å². The van der Waals surface area contributed by atoms with Crippen molar-refractivity contribution >= 4 is 57.7 Å². The van der Waals surface area contributed by atoms with Gasteiger partial charge in [-0.25, -0.2) is 36.9 Å². The van der Waals surface area contributed by atoms with Gasteiger partial charge in [-0.3, -0.25) is 29.5 Å². The molecule has 0 aliphatic carbocycles. The monoisotopic (exact) mass is 896 g/mol. The van der Waals surface area contributed by atoms with E-state index in [1.165, 1.54) is 67.5 Å². The van der Waals surface area contributed by atoms with Crippen molar-refractivity contribution in [3.63, 3.8) is 0 Å². The van der Waals surface area contributed by atoms with Gasteiger partial charge in [-0.05, 0) is 42.3 Å². The summed E-state index contributed by atoms with van der Waals surface area (Å²) >= 11 is 0. The number of nitrogens with zero attached hydrogens (tertiary/aromatic N) is 10. The number of aromatic nitrogens is 2. The molecule has 63 heavy (non-hydrogen) atoms. The minimum atomic E-state index is -3.65. The standard InChI is InChI=1S/C22H28FN3O6S.C19H25N7O4/c1-13(2)20-18(10-9-16(27)11-17(28)12-19(29)30)21(14-5-7-15(23)8-6-14)25-22(24-20)26(3)33(4,31)32;1-21-17-16(18(27)22(2)19(21)28)25(13-20-17)12-9-23-7-10-24(11-8-23)14-3-5-15(6-4-14)26(29)30/h5-10,13,16-17,27-28H,11-12H2,1-4H3,(H,29,30);3-6,13,16-17H,7-12H2,1-2H3/b10-9+;/t16-,17-;/m1./s1. The van der Waals surface area contributed by atoms with Crippen molar-refractivity contribution in [2.24, 2.45) is 4.99 Å². The molecule has 2 aromatic carbocycles. The number of aliphatic hydroxyl groups is 2. The first-order valence-electron chi connectivity index (χ1n) is 20.1. The molecule has 3 aliphatic heterocycles. The summed E-state index contributed by atoms with van der Waals surface area (Å²) in [6, 6.07) is 11.3. The maximum absolute atomic E-state index is 13.5. The number of nitro groups is 1. The molecule has 3 aromatic rings. The lowest BCUT2D eigenvalue weighted by atomic mass is 9.97. The van der Waals surface area contributed by atoms with E-state index in [9.17, 15) is 47.5 Å². The number of carboxylic acids is 1. The number of imide groups is 1. The molecular formula is C41H53FN10O10S. The van der Waals surface area contributed by atoms with Crippen molar-refractivity contribution in [3.05, 3.63) is 81.8 Å². The fraction of sp³-hybridized carbons (Fsp3) is 0.463. The van der Waals surface area contributed by atoms with Crippen molar-refractivity contribution in [1.29, 1.82) is 0 Å². The highest BCUT2D eigenvalue weighted by atomic mass is 32.2. The van der Waals surface area contributed by atoms with Crippen LogP contribution >= 0.6 is 0 Å². The Labute approximate surface area is 364 Å². The first kappa shape index (κ1) is 47.9. The van der Waals surface area contributed by atoms with Gasteiger partial charge < -0.3 is 30.0 Å². The second-order valence-corrected chi connectivity index (χ2v) is 17.7. The smallest absolute Gasteiger partial charge is 0.328 e. The van der Waals surface area contributed by atoms with Gasteiger partial charge >= 0.3 is 12.0 Å². The number of sulfonamides is 1. The maximum Gasteiger partial charge on any atom is 0.328 e. The number of benzene rings is 2. The fourth-order valence-electron chi connectivity index (χ4n) is 7.22. The van der Waals surface area contributed by atoms with E-state index in [2.05, 4.69) is 24.8 Å². The largest absolute Gasteiger partial charge is 0.481 e. The molecule has 2 unspecified atom stereocenters. The summed E-state index contributed by atoms with van der Waals surface area (Å²) in [4.78, 5) is 68.1. The third kappa shape index (κ3) is 11.9. The van der Waals surface area contributed by atoms with Crippen molar-refractivity contribution in [2.75, 3.05) is 75.9 Å². The van der Waals surface area contributed by atoms with Crippen LogP contribution in [-0.4, -0.2) is 174 Å². The fourth-order valence-corrected chi connectivity index (χ4v) is 7.59. The third-order valence-corrected chi connectivity index (χ3v) is 12.0. The first-order chi connectivity index (χ1) is 29.7. The van der Waals surface area contributed by atoms with Gasteiger partial charge in [0.1, 0.15) is 5.82 Å². The van der Waals surface area contributed by atoms with E-state index in [1.807, 2.05) is 18.7 Å². The van der Waals surface area contributed by atoms with Gasteiger partial charge in [0, 0.05) is 95.8 Å². The van der Waals surface area contributed by atoms with E-state index in [1.54, 1.807) is 25.5 Å². The van der Waals surface area contributed by atoms with Gasteiger partial charge in [0.15, 0.2) is 12.2 Å². The number of aliphatic hydroxyl groups excluding tert-OH is 2. The Hall–Kier alpha value is -6.10. The second-order valence-electron chi connectivity index (χ2n) is 15.7. The van der Waals surface area contributed by atoms with E-state index in [0.29, 0.717) is 29.1 Å². The molecule has 340 valence electrons. The summed E-state index contributed by atoms with van der Waals surface area (Å²) in [6.07, 6.45) is 2.09. The van der Waals surface area contributed by atoms with Crippen LogP contribution < -0.4 is 9.21 Å². The zero-order valence-electron chi connectivity index (χ0n) is 35.9. The Morgan fingerprint density at radius 1 is 1.02 bits per heavy atom. The van der Waals surface area contributed by atoms with Crippen LogP contribution in [0.4, 0.5) is 26.5 Å². The van der Waals surface area contributed by atoms with Crippen LogP contribution in [0.3, 0.4) is 0 Å². The number of carbonyl (C=O) groups excluding carboxylic acids is 2. The summed E-state index contributed by atoms with van der Waals surface area (Å²) in [6.45, 7) is 8.54. The van der Waals surface area contributed by atoms with Crippen LogP contribution in [0.5, 0.6) is 0 Å². The first-order valence-corrected chi connectivity index (χ1v) is 21.9. The molecular weight excluding hydrogens is 844 g/mol. The number of aliphatic carboxylic acids is 1. The SMILES string of the molecule is CC(C)c1nc(N(C)S(C)(=O)=O)nc(-c2ccc(F)cc2)c1/C=C/[C@@H](O)C[C@@H](O)CC(=O)O.CN1C(=O)C2C(N=CN2CCN2CCN(c3ccc([N+](=O)[O-])cc3)CC2)N(C)C1=O. The molecule has 0 radical (unpaired) electrons. The number of amides is 3. The van der Waals surface area contributed by atoms with Gasteiger partial charge in [-0.15, -0.1) is 0 Å². The number of piperazine rings is 1. The lowest BCUT2D eigenvalue weighted by molar-refractivity contribution is -0.384. The van der Waals surface area contributed by atoms with E-state index in [4.69, 9.17) is 5.11 Å².